The van der Waals surface area contributed by atoms with E-state index in [1.165, 1.54) is 6.21 Å². The molecule has 0 saturated carbocycles. The van der Waals surface area contributed by atoms with Crippen molar-refractivity contribution in [3.05, 3.63) is 65.9 Å². The molecule has 2 aromatic carbocycles. The lowest BCUT2D eigenvalue weighted by molar-refractivity contribution is 0.415. The molecule has 0 atom stereocenters. The largest absolute Gasteiger partial charge is 0.497 e. The molecule has 0 radical (unpaired) electrons. The summed E-state index contributed by atoms with van der Waals surface area (Å²) in [4.78, 5) is 2.42. The van der Waals surface area contributed by atoms with Crippen LogP contribution in [0.4, 0.5) is 0 Å². The van der Waals surface area contributed by atoms with Crippen LogP contribution in [-0.2, 0) is 16.4 Å². The van der Waals surface area contributed by atoms with Gasteiger partial charge in [-0.05, 0) is 48.4 Å². The molecule has 0 fully saturated rings. The Hall–Kier alpha value is -3.13. The van der Waals surface area contributed by atoms with Crippen LogP contribution in [0.3, 0.4) is 0 Å². The van der Waals surface area contributed by atoms with E-state index in [1.807, 2.05) is 36.4 Å². The smallest absolute Gasteiger partial charge is 0.276 e. The van der Waals surface area contributed by atoms with Crippen LogP contribution in [0.15, 0.2) is 64.7 Å². The Balaban J connectivity index is 1.73. The predicted octanol–water partition coefficient (Wildman–Crippen LogP) is 3.35. The number of ether oxygens (including phenoxy) is 1. The number of methoxy groups -OCH3 is 1. The van der Waals surface area contributed by atoms with Crippen molar-refractivity contribution in [2.45, 2.75) is 24.7 Å². The van der Waals surface area contributed by atoms with Gasteiger partial charge in [0, 0.05) is 11.1 Å². The molecule has 3 aromatic rings. The van der Waals surface area contributed by atoms with E-state index in [0.29, 0.717) is 5.56 Å². The zero-order valence-electron chi connectivity index (χ0n) is 15.7. The average molecular weight is 398 g/mol. The van der Waals surface area contributed by atoms with Crippen LogP contribution < -0.4 is 9.57 Å². The van der Waals surface area contributed by atoms with Gasteiger partial charge in [-0.3, -0.25) is 5.10 Å². The molecular formula is C20H22N4O3S. The quantitative estimate of drug-likeness (QED) is 0.449. The number of aromatic nitrogens is 2. The van der Waals surface area contributed by atoms with Gasteiger partial charge in [0.2, 0.25) is 0 Å². The second-order valence-electron chi connectivity index (χ2n) is 6.18. The summed E-state index contributed by atoms with van der Waals surface area (Å²) < 4.78 is 29.9. The molecule has 0 unspecified atom stereocenters. The number of benzene rings is 2. The van der Waals surface area contributed by atoms with Crippen LogP contribution in [0, 0.1) is 0 Å². The molecule has 0 aliphatic carbocycles. The number of sulfonamides is 1. The summed E-state index contributed by atoms with van der Waals surface area (Å²) >= 11 is 0. The van der Waals surface area contributed by atoms with Crippen LogP contribution in [0.1, 0.15) is 24.5 Å². The summed E-state index contributed by atoms with van der Waals surface area (Å²) in [5.41, 5.74) is 3.38. The molecular weight excluding hydrogens is 376 g/mol. The van der Waals surface area contributed by atoms with Crippen molar-refractivity contribution in [1.82, 2.24) is 15.0 Å². The monoisotopic (exact) mass is 398 g/mol. The third kappa shape index (κ3) is 4.58. The van der Waals surface area contributed by atoms with Crippen LogP contribution in [0.25, 0.3) is 11.3 Å². The lowest BCUT2D eigenvalue weighted by atomic mass is 10.1. The lowest BCUT2D eigenvalue weighted by Crippen LogP contribution is -2.18. The summed E-state index contributed by atoms with van der Waals surface area (Å²) in [6.45, 7) is 2.08. The molecule has 0 aliphatic heterocycles. The molecule has 0 aliphatic rings. The van der Waals surface area contributed by atoms with Crippen molar-refractivity contribution >= 4 is 16.2 Å². The van der Waals surface area contributed by atoms with E-state index in [1.54, 1.807) is 25.4 Å². The van der Waals surface area contributed by atoms with Crippen molar-refractivity contribution in [1.29, 1.82) is 0 Å². The highest BCUT2D eigenvalue weighted by Gasteiger charge is 2.13. The molecule has 7 nitrogen and oxygen atoms in total. The Morgan fingerprint density at radius 1 is 1.14 bits per heavy atom. The summed E-state index contributed by atoms with van der Waals surface area (Å²) in [5.74, 6) is 0.746. The van der Waals surface area contributed by atoms with Crippen LogP contribution in [0.5, 0.6) is 5.75 Å². The summed E-state index contributed by atoms with van der Waals surface area (Å²) in [5, 5.41) is 10.8. The zero-order valence-corrected chi connectivity index (χ0v) is 16.5. The molecule has 0 bridgehead atoms. The Morgan fingerprint density at radius 3 is 2.50 bits per heavy atom. The molecule has 146 valence electrons. The van der Waals surface area contributed by atoms with Crippen molar-refractivity contribution in [3.63, 3.8) is 0 Å². The second kappa shape index (κ2) is 8.71. The number of aryl methyl sites for hydroxylation is 1. The van der Waals surface area contributed by atoms with E-state index in [4.69, 9.17) is 4.74 Å². The first kappa shape index (κ1) is 19.6. The summed E-state index contributed by atoms with van der Waals surface area (Å²) in [7, 11) is -2.12. The number of hydrazone groups is 1. The highest BCUT2D eigenvalue weighted by molar-refractivity contribution is 7.89. The van der Waals surface area contributed by atoms with Crippen LogP contribution in [0.2, 0.25) is 0 Å². The third-order valence-corrected chi connectivity index (χ3v) is 5.43. The number of nitrogens with zero attached hydrogens (tertiary/aromatic N) is 2. The molecule has 0 spiro atoms. The summed E-state index contributed by atoms with van der Waals surface area (Å²) in [6, 6.07) is 14.2. The second-order valence-corrected chi connectivity index (χ2v) is 7.84. The van der Waals surface area contributed by atoms with Gasteiger partial charge in [0.25, 0.3) is 10.0 Å². The maximum atomic E-state index is 12.4. The molecule has 2 N–H and O–H groups in total. The number of hydrogen-bond donors (Lipinski definition) is 2. The number of H-pyrrole nitrogens is 1. The van der Waals surface area contributed by atoms with Gasteiger partial charge in [-0.1, -0.05) is 25.5 Å². The van der Waals surface area contributed by atoms with Gasteiger partial charge in [-0.15, -0.1) is 0 Å². The SMILES string of the molecule is CCCc1ccc(S(=O)(=O)N/N=C/c2cn[nH]c2-c2ccc(OC)cc2)cc1. The number of nitrogens with one attached hydrogen (secondary N) is 2. The van der Waals surface area contributed by atoms with E-state index < -0.39 is 10.0 Å². The summed E-state index contributed by atoms with van der Waals surface area (Å²) in [6.07, 6.45) is 4.93. The first-order valence-corrected chi connectivity index (χ1v) is 10.3. The molecule has 28 heavy (non-hydrogen) atoms. The van der Waals surface area contributed by atoms with Gasteiger partial charge >= 0.3 is 0 Å². The minimum atomic E-state index is -3.73. The number of hydrogen-bond acceptors (Lipinski definition) is 5. The average Bonchev–Trinajstić information content (AvgIpc) is 3.17. The minimum Gasteiger partial charge on any atom is -0.497 e. The number of aromatic amines is 1. The first-order chi connectivity index (χ1) is 13.5. The normalized spacial score (nSPS) is 11.6. The topological polar surface area (TPSA) is 96.4 Å². The van der Waals surface area contributed by atoms with E-state index in [0.717, 1.165) is 35.4 Å². The molecule has 3 rings (SSSR count). The maximum Gasteiger partial charge on any atom is 0.276 e. The molecule has 1 aromatic heterocycles. The third-order valence-electron chi connectivity index (χ3n) is 4.20. The predicted molar refractivity (Wildman–Crippen MR) is 109 cm³/mol. The van der Waals surface area contributed by atoms with Gasteiger partial charge in [0.05, 0.1) is 30.1 Å². The minimum absolute atomic E-state index is 0.173. The lowest BCUT2D eigenvalue weighted by Gasteiger charge is -2.05. The van der Waals surface area contributed by atoms with Crippen LogP contribution in [-0.4, -0.2) is 31.9 Å². The zero-order chi connectivity index (χ0) is 20.0. The van der Waals surface area contributed by atoms with Crippen molar-refractivity contribution in [2.75, 3.05) is 7.11 Å². The number of rotatable bonds is 8. The Morgan fingerprint density at radius 2 is 1.86 bits per heavy atom. The molecule has 8 heteroatoms. The fourth-order valence-corrected chi connectivity index (χ4v) is 3.52. The van der Waals surface area contributed by atoms with Crippen molar-refractivity contribution < 1.29 is 13.2 Å². The highest BCUT2D eigenvalue weighted by atomic mass is 32.2. The standard InChI is InChI=1S/C20H22N4O3S/c1-3-4-15-5-11-19(12-6-15)28(25,26)24-22-14-17-13-21-23-20(17)16-7-9-18(27-2)10-8-16/h5-14,24H,3-4H2,1-2H3,(H,21,23)/b22-14+. The van der Waals surface area contributed by atoms with Gasteiger partial charge in [0.1, 0.15) is 5.75 Å². The molecule has 1 heterocycles. The van der Waals surface area contributed by atoms with Crippen LogP contribution >= 0.6 is 0 Å². The van der Waals surface area contributed by atoms with Gasteiger partial charge in [-0.2, -0.15) is 18.6 Å². The fraction of sp³-hybridized carbons (Fsp3) is 0.200. The van der Waals surface area contributed by atoms with E-state index in [-0.39, 0.29) is 4.90 Å². The van der Waals surface area contributed by atoms with Crippen molar-refractivity contribution in [3.8, 4) is 17.0 Å². The fourth-order valence-electron chi connectivity index (χ4n) is 2.72. The van der Waals surface area contributed by atoms with E-state index in [9.17, 15) is 8.42 Å². The Bertz CT molecular complexity index is 1040. The van der Waals surface area contributed by atoms with Gasteiger partial charge in [0.15, 0.2) is 0 Å². The highest BCUT2D eigenvalue weighted by Crippen LogP contribution is 2.22. The Kier molecular flexibility index (Phi) is 6.10. The first-order valence-electron chi connectivity index (χ1n) is 8.85. The molecule has 0 amide bonds. The van der Waals surface area contributed by atoms with Crippen molar-refractivity contribution in [2.24, 2.45) is 5.10 Å². The Labute approximate surface area is 164 Å². The van der Waals surface area contributed by atoms with E-state index in [2.05, 4.69) is 27.1 Å². The van der Waals surface area contributed by atoms with Gasteiger partial charge in [-0.25, -0.2) is 4.83 Å². The van der Waals surface area contributed by atoms with E-state index >= 15 is 0 Å². The molecule has 0 saturated heterocycles. The maximum absolute atomic E-state index is 12.4. The van der Waals surface area contributed by atoms with Gasteiger partial charge < -0.3 is 4.74 Å².